The minimum Gasteiger partial charge on any atom is -0.478 e. The molecule has 0 radical (unpaired) electrons. The molecular weight excluding hydrogens is 242 g/mol. The highest BCUT2D eigenvalue weighted by Crippen LogP contribution is 2.12. The van der Waals surface area contributed by atoms with Gasteiger partial charge in [0.25, 0.3) is 0 Å². The van der Waals surface area contributed by atoms with E-state index in [-0.39, 0.29) is 18.0 Å². The van der Waals surface area contributed by atoms with Crippen LogP contribution >= 0.6 is 0 Å². The van der Waals surface area contributed by atoms with Crippen molar-refractivity contribution in [2.24, 2.45) is 0 Å². The molecule has 0 saturated carbocycles. The Morgan fingerprint density at radius 3 is 2.63 bits per heavy atom. The molecule has 5 nitrogen and oxygen atoms in total. The molecule has 1 aromatic heterocycles. The molecular formula is C14H23N3O2. The lowest BCUT2D eigenvalue weighted by Gasteiger charge is -2.18. The van der Waals surface area contributed by atoms with Crippen molar-refractivity contribution >= 4 is 11.6 Å². The van der Waals surface area contributed by atoms with Crippen molar-refractivity contribution in [2.45, 2.75) is 46.2 Å². The summed E-state index contributed by atoms with van der Waals surface area (Å²) in [5, 5.41) is 6.05. The smallest absolute Gasteiger partial charge is 0.242 e. The second kappa shape index (κ2) is 7.61. The molecule has 19 heavy (non-hydrogen) atoms. The number of rotatable bonds is 7. The van der Waals surface area contributed by atoms with Gasteiger partial charge in [-0.05, 0) is 33.3 Å². The average molecular weight is 265 g/mol. The van der Waals surface area contributed by atoms with Crippen LogP contribution in [-0.4, -0.2) is 29.6 Å². The van der Waals surface area contributed by atoms with Crippen LogP contribution in [0.5, 0.6) is 5.88 Å². The number of nitrogens with zero attached hydrogens (tertiary/aromatic N) is 1. The minimum absolute atomic E-state index is 0.0109. The van der Waals surface area contributed by atoms with Crippen molar-refractivity contribution in [3.8, 4) is 5.88 Å². The lowest BCUT2D eigenvalue weighted by molar-refractivity contribution is -0.122. The molecule has 0 saturated heterocycles. The van der Waals surface area contributed by atoms with Gasteiger partial charge in [0.05, 0.1) is 18.5 Å². The molecule has 0 bridgehead atoms. The zero-order chi connectivity index (χ0) is 14.3. The van der Waals surface area contributed by atoms with Crippen molar-refractivity contribution in [3.63, 3.8) is 0 Å². The highest BCUT2D eigenvalue weighted by Gasteiger charge is 2.14. The Hall–Kier alpha value is -1.78. The Bertz CT molecular complexity index is 392. The largest absolute Gasteiger partial charge is 0.478 e. The Kier molecular flexibility index (Phi) is 6.12. The molecule has 1 rings (SSSR count). The molecule has 0 aliphatic carbocycles. The first kappa shape index (κ1) is 15.3. The van der Waals surface area contributed by atoms with Crippen molar-refractivity contribution in [1.29, 1.82) is 0 Å². The van der Waals surface area contributed by atoms with E-state index >= 15 is 0 Å². The predicted octanol–water partition coefficient (Wildman–Crippen LogP) is 2.20. The van der Waals surface area contributed by atoms with Crippen molar-refractivity contribution in [3.05, 3.63) is 18.3 Å². The highest BCUT2D eigenvalue weighted by atomic mass is 16.5. The first-order valence-electron chi connectivity index (χ1n) is 6.72. The number of anilines is 1. The molecule has 0 aliphatic rings. The molecule has 1 heterocycles. The fraction of sp³-hybridized carbons (Fsp3) is 0.571. The number of nitrogens with one attached hydrogen (secondary N) is 2. The third-order valence-corrected chi connectivity index (χ3v) is 2.81. The van der Waals surface area contributed by atoms with Gasteiger partial charge in [-0.25, -0.2) is 4.98 Å². The van der Waals surface area contributed by atoms with Gasteiger partial charge in [-0.1, -0.05) is 6.92 Å². The number of amides is 1. The van der Waals surface area contributed by atoms with Crippen LogP contribution in [0.15, 0.2) is 18.3 Å². The molecule has 0 spiro atoms. The molecule has 2 N–H and O–H groups in total. The second-order valence-corrected chi connectivity index (χ2v) is 4.50. The minimum atomic E-state index is -0.297. The molecule has 1 aromatic rings. The van der Waals surface area contributed by atoms with E-state index in [1.54, 1.807) is 12.3 Å². The fourth-order valence-electron chi connectivity index (χ4n) is 1.48. The van der Waals surface area contributed by atoms with E-state index in [9.17, 15) is 4.79 Å². The maximum atomic E-state index is 11.9. The summed E-state index contributed by atoms with van der Waals surface area (Å²) in [4.78, 5) is 16.0. The number of aromatic nitrogens is 1. The van der Waals surface area contributed by atoms with Crippen LogP contribution in [0.25, 0.3) is 0 Å². The van der Waals surface area contributed by atoms with E-state index in [2.05, 4.69) is 15.6 Å². The average Bonchev–Trinajstić information content (AvgIpc) is 2.41. The number of carbonyl (C=O) groups excluding carboxylic acids is 1. The van der Waals surface area contributed by atoms with Gasteiger partial charge in [0.1, 0.15) is 6.04 Å². The molecule has 1 amide bonds. The van der Waals surface area contributed by atoms with Gasteiger partial charge in [0, 0.05) is 12.1 Å². The molecule has 2 unspecified atom stereocenters. The predicted molar refractivity (Wildman–Crippen MR) is 76.4 cm³/mol. The molecule has 106 valence electrons. The summed E-state index contributed by atoms with van der Waals surface area (Å²) < 4.78 is 5.26. The zero-order valence-corrected chi connectivity index (χ0v) is 12.1. The molecule has 0 aromatic carbocycles. The molecule has 5 heteroatoms. The van der Waals surface area contributed by atoms with Crippen LogP contribution in [0.3, 0.4) is 0 Å². The maximum absolute atomic E-state index is 11.9. The van der Waals surface area contributed by atoms with Gasteiger partial charge >= 0.3 is 0 Å². The number of pyridine rings is 1. The SMILES string of the molecule is CCOc1ccc(NC(C)C(=O)NC(C)CC)cn1. The third-order valence-electron chi connectivity index (χ3n) is 2.81. The Balaban J connectivity index is 2.51. The lowest BCUT2D eigenvalue weighted by atomic mass is 10.2. The molecule has 2 atom stereocenters. The third kappa shape index (κ3) is 5.16. The topological polar surface area (TPSA) is 63.2 Å². The van der Waals surface area contributed by atoms with Crippen molar-refractivity contribution < 1.29 is 9.53 Å². The summed E-state index contributed by atoms with van der Waals surface area (Å²) in [5.41, 5.74) is 0.801. The second-order valence-electron chi connectivity index (χ2n) is 4.50. The van der Waals surface area contributed by atoms with E-state index in [1.807, 2.05) is 33.8 Å². The highest BCUT2D eigenvalue weighted by molar-refractivity contribution is 5.84. The van der Waals surface area contributed by atoms with E-state index in [4.69, 9.17) is 4.74 Å². The number of ether oxygens (including phenoxy) is 1. The van der Waals surface area contributed by atoms with E-state index < -0.39 is 0 Å². The number of hydrogen-bond acceptors (Lipinski definition) is 4. The van der Waals surface area contributed by atoms with E-state index in [0.717, 1.165) is 12.1 Å². The van der Waals surface area contributed by atoms with Gasteiger partial charge in [0.15, 0.2) is 0 Å². The number of hydrogen-bond donors (Lipinski definition) is 2. The summed E-state index contributed by atoms with van der Waals surface area (Å²) in [6.07, 6.45) is 2.58. The van der Waals surface area contributed by atoms with Gasteiger partial charge in [0.2, 0.25) is 11.8 Å². The quantitative estimate of drug-likeness (QED) is 0.793. The zero-order valence-electron chi connectivity index (χ0n) is 12.1. The summed E-state index contributed by atoms with van der Waals surface area (Å²) in [5.74, 6) is 0.577. The van der Waals surface area contributed by atoms with Crippen LogP contribution in [0.1, 0.15) is 34.1 Å². The normalized spacial score (nSPS) is 13.5. The first-order chi connectivity index (χ1) is 9.06. The van der Waals surface area contributed by atoms with Crippen LogP contribution in [0.4, 0.5) is 5.69 Å². The van der Waals surface area contributed by atoms with Gasteiger partial charge < -0.3 is 15.4 Å². The monoisotopic (exact) mass is 265 g/mol. The van der Waals surface area contributed by atoms with Crippen LogP contribution in [0.2, 0.25) is 0 Å². The van der Waals surface area contributed by atoms with Gasteiger partial charge in [-0.15, -0.1) is 0 Å². The van der Waals surface area contributed by atoms with Gasteiger partial charge in [-0.3, -0.25) is 4.79 Å². The summed E-state index contributed by atoms with van der Waals surface area (Å²) >= 11 is 0. The molecule has 0 aliphatic heterocycles. The lowest BCUT2D eigenvalue weighted by Crippen LogP contribution is -2.41. The molecule has 0 fully saturated rings. The van der Waals surface area contributed by atoms with Crippen molar-refractivity contribution in [2.75, 3.05) is 11.9 Å². The van der Waals surface area contributed by atoms with Crippen molar-refractivity contribution in [1.82, 2.24) is 10.3 Å². The van der Waals surface area contributed by atoms with E-state index in [1.165, 1.54) is 0 Å². The number of carbonyl (C=O) groups is 1. The maximum Gasteiger partial charge on any atom is 0.242 e. The van der Waals surface area contributed by atoms with Gasteiger partial charge in [-0.2, -0.15) is 0 Å². The van der Waals surface area contributed by atoms with Crippen LogP contribution in [-0.2, 0) is 4.79 Å². The summed E-state index contributed by atoms with van der Waals surface area (Å²) in [7, 11) is 0. The first-order valence-corrected chi connectivity index (χ1v) is 6.72. The standard InChI is InChI=1S/C14H23N3O2/c1-5-10(3)16-14(18)11(4)17-12-7-8-13(15-9-12)19-6-2/h7-11,17H,5-6H2,1-4H3,(H,16,18). The Morgan fingerprint density at radius 2 is 2.11 bits per heavy atom. The summed E-state index contributed by atoms with van der Waals surface area (Å²) in [6, 6.07) is 3.53. The van der Waals surface area contributed by atoms with Crippen LogP contribution in [0, 0.1) is 0 Å². The Morgan fingerprint density at radius 1 is 1.37 bits per heavy atom. The van der Waals surface area contributed by atoms with Crippen LogP contribution < -0.4 is 15.4 Å². The Labute approximate surface area is 114 Å². The fourth-order valence-corrected chi connectivity index (χ4v) is 1.48. The summed E-state index contributed by atoms with van der Waals surface area (Å²) in [6.45, 7) is 8.36. The van der Waals surface area contributed by atoms with E-state index in [0.29, 0.717) is 12.5 Å².